The van der Waals surface area contributed by atoms with Crippen molar-refractivity contribution in [1.82, 2.24) is 0 Å². The highest BCUT2D eigenvalue weighted by Crippen LogP contribution is 2.32. The third-order valence-corrected chi connectivity index (χ3v) is 3.22. The molecule has 0 aromatic rings. The first-order valence-electron chi connectivity index (χ1n) is 8.14. The first-order chi connectivity index (χ1) is 8.68. The topological polar surface area (TPSA) is 20.2 Å². The Bertz CT molecular complexity index is 234. The van der Waals surface area contributed by atoms with Crippen molar-refractivity contribution >= 4 is 0 Å². The Balaban J connectivity index is 5.38. The fourth-order valence-corrected chi connectivity index (χ4v) is 3.83. The molecule has 0 aliphatic carbocycles. The van der Waals surface area contributed by atoms with Crippen LogP contribution in [-0.4, -0.2) is 42.4 Å². The summed E-state index contributed by atoms with van der Waals surface area (Å²) in [6.45, 7) is 26.0. The minimum absolute atomic E-state index is 0.304. The lowest BCUT2D eigenvalue weighted by Gasteiger charge is -2.49. The van der Waals surface area contributed by atoms with E-state index in [0.29, 0.717) is 22.9 Å². The molecule has 0 aromatic carbocycles. The van der Waals surface area contributed by atoms with Gasteiger partial charge in [0.15, 0.2) is 0 Å². The molecule has 0 saturated carbocycles. The Labute approximate surface area is 128 Å². The van der Waals surface area contributed by atoms with Gasteiger partial charge in [0.25, 0.3) is 0 Å². The fourth-order valence-electron chi connectivity index (χ4n) is 3.83. The van der Waals surface area contributed by atoms with Gasteiger partial charge in [0.2, 0.25) is 0 Å². The molecule has 0 aliphatic rings. The van der Waals surface area contributed by atoms with Crippen molar-refractivity contribution in [3.63, 3.8) is 0 Å². The van der Waals surface area contributed by atoms with Crippen LogP contribution in [0.2, 0.25) is 0 Å². The SMILES string of the molecule is CC(C)(C)C[N+](CCCO)(CC(C)(C)C)CC(C)(C)C. The molecule has 0 atom stereocenters. The molecule has 0 saturated heterocycles. The molecule has 1 N–H and O–H groups in total. The van der Waals surface area contributed by atoms with E-state index in [9.17, 15) is 5.11 Å². The lowest BCUT2D eigenvalue weighted by molar-refractivity contribution is -0.944. The molecule has 0 bridgehead atoms. The van der Waals surface area contributed by atoms with Gasteiger partial charge in [-0.15, -0.1) is 0 Å². The van der Waals surface area contributed by atoms with Gasteiger partial charge in [-0.3, -0.25) is 0 Å². The van der Waals surface area contributed by atoms with Crippen molar-refractivity contribution in [1.29, 1.82) is 0 Å². The minimum atomic E-state index is 0.304. The summed E-state index contributed by atoms with van der Waals surface area (Å²) in [5, 5.41) is 9.31. The summed E-state index contributed by atoms with van der Waals surface area (Å²) in [5.41, 5.74) is 0.934. The van der Waals surface area contributed by atoms with Crippen LogP contribution in [0.3, 0.4) is 0 Å². The Morgan fingerprint density at radius 1 is 0.650 bits per heavy atom. The van der Waals surface area contributed by atoms with Gasteiger partial charge in [0.1, 0.15) is 0 Å². The van der Waals surface area contributed by atoms with Gasteiger partial charge in [-0.05, 0) is 0 Å². The fraction of sp³-hybridized carbons (Fsp3) is 1.00. The molecule has 0 fully saturated rings. The number of aliphatic hydroxyl groups excluding tert-OH is 1. The summed E-state index contributed by atoms with van der Waals surface area (Å²) in [4.78, 5) is 0. The molecular formula is C18H40NO+. The molecule has 0 rings (SSSR count). The third kappa shape index (κ3) is 9.77. The van der Waals surface area contributed by atoms with E-state index in [0.717, 1.165) is 17.4 Å². The van der Waals surface area contributed by atoms with Crippen LogP contribution in [0.1, 0.15) is 68.7 Å². The molecule has 2 nitrogen and oxygen atoms in total. The average Bonchev–Trinajstić information content (AvgIpc) is 2.05. The van der Waals surface area contributed by atoms with Crippen LogP contribution in [0.4, 0.5) is 0 Å². The Morgan fingerprint density at radius 3 is 1.15 bits per heavy atom. The molecule has 20 heavy (non-hydrogen) atoms. The number of hydrogen-bond donors (Lipinski definition) is 1. The molecular weight excluding hydrogens is 246 g/mol. The van der Waals surface area contributed by atoms with Crippen molar-refractivity contribution in [2.45, 2.75) is 68.7 Å². The Kier molecular flexibility index (Phi) is 6.76. The summed E-state index contributed by atoms with van der Waals surface area (Å²) in [6, 6.07) is 0. The second-order valence-electron chi connectivity index (χ2n) is 10.3. The van der Waals surface area contributed by atoms with E-state index in [4.69, 9.17) is 0 Å². The molecule has 2 heteroatoms. The number of nitrogens with zero attached hydrogens (tertiary/aromatic N) is 1. The van der Waals surface area contributed by atoms with E-state index in [1.54, 1.807) is 0 Å². The molecule has 0 amide bonds. The average molecular weight is 287 g/mol. The second kappa shape index (κ2) is 6.79. The molecule has 122 valence electrons. The maximum absolute atomic E-state index is 9.31. The first-order valence-corrected chi connectivity index (χ1v) is 8.14. The van der Waals surface area contributed by atoms with E-state index < -0.39 is 0 Å². The highest BCUT2D eigenvalue weighted by atomic mass is 16.3. The highest BCUT2D eigenvalue weighted by molar-refractivity contribution is 4.71. The predicted octanol–water partition coefficient (Wildman–Crippen LogP) is 4.32. The Morgan fingerprint density at radius 2 is 0.950 bits per heavy atom. The van der Waals surface area contributed by atoms with Crippen molar-refractivity contribution in [3.8, 4) is 0 Å². The van der Waals surface area contributed by atoms with Crippen LogP contribution in [0.25, 0.3) is 0 Å². The summed E-state index contributed by atoms with van der Waals surface area (Å²) in [7, 11) is 0. The van der Waals surface area contributed by atoms with Gasteiger partial charge < -0.3 is 9.59 Å². The van der Waals surface area contributed by atoms with Crippen LogP contribution < -0.4 is 0 Å². The van der Waals surface area contributed by atoms with Gasteiger partial charge in [-0.2, -0.15) is 0 Å². The number of quaternary nitrogens is 1. The van der Waals surface area contributed by atoms with Crippen molar-refractivity contribution in [3.05, 3.63) is 0 Å². The van der Waals surface area contributed by atoms with Crippen LogP contribution >= 0.6 is 0 Å². The van der Waals surface area contributed by atoms with Crippen LogP contribution in [-0.2, 0) is 0 Å². The number of rotatable bonds is 6. The number of hydrogen-bond acceptors (Lipinski definition) is 1. The van der Waals surface area contributed by atoms with Gasteiger partial charge in [-0.1, -0.05) is 62.3 Å². The lowest BCUT2D eigenvalue weighted by Crippen LogP contribution is -2.59. The molecule has 0 spiro atoms. The first kappa shape index (κ1) is 19.9. The van der Waals surface area contributed by atoms with Gasteiger partial charge in [0.05, 0.1) is 26.2 Å². The molecule has 0 aromatic heterocycles. The zero-order chi connectivity index (χ0) is 16.2. The van der Waals surface area contributed by atoms with E-state index in [1.807, 2.05) is 0 Å². The van der Waals surface area contributed by atoms with Gasteiger partial charge >= 0.3 is 0 Å². The van der Waals surface area contributed by atoms with E-state index in [2.05, 4.69) is 62.3 Å². The summed E-state index contributed by atoms with van der Waals surface area (Å²) in [5.74, 6) is 0. The lowest BCUT2D eigenvalue weighted by atomic mass is 9.86. The molecule has 0 radical (unpaired) electrons. The van der Waals surface area contributed by atoms with Crippen molar-refractivity contribution in [2.75, 3.05) is 32.8 Å². The molecule has 0 heterocycles. The molecule has 0 unspecified atom stereocenters. The number of aliphatic hydroxyl groups is 1. The van der Waals surface area contributed by atoms with E-state index in [-0.39, 0.29) is 0 Å². The zero-order valence-corrected chi connectivity index (χ0v) is 15.6. The van der Waals surface area contributed by atoms with Crippen molar-refractivity contribution < 1.29 is 9.59 Å². The van der Waals surface area contributed by atoms with E-state index in [1.165, 1.54) is 19.6 Å². The normalized spacial score (nSPS) is 14.7. The standard InChI is InChI=1S/C18H40NO/c1-16(2,3)13-19(11-10-12-20,14-17(4,5)6)15-18(7,8)9/h20H,10-15H2,1-9H3/q+1. The maximum atomic E-state index is 9.31. The third-order valence-electron chi connectivity index (χ3n) is 3.22. The monoisotopic (exact) mass is 286 g/mol. The van der Waals surface area contributed by atoms with Crippen molar-refractivity contribution in [2.24, 2.45) is 16.2 Å². The zero-order valence-electron chi connectivity index (χ0n) is 15.6. The summed E-state index contributed by atoms with van der Waals surface area (Å²) >= 11 is 0. The van der Waals surface area contributed by atoms with Gasteiger partial charge in [-0.25, -0.2) is 0 Å². The largest absolute Gasteiger partial charge is 0.396 e. The maximum Gasteiger partial charge on any atom is 0.0835 e. The highest BCUT2D eigenvalue weighted by Gasteiger charge is 2.39. The Hall–Kier alpha value is -0.0800. The smallest absolute Gasteiger partial charge is 0.0835 e. The second-order valence-corrected chi connectivity index (χ2v) is 10.3. The quantitative estimate of drug-likeness (QED) is 0.721. The minimum Gasteiger partial charge on any atom is -0.396 e. The van der Waals surface area contributed by atoms with Crippen LogP contribution in [0.5, 0.6) is 0 Å². The molecule has 0 aliphatic heterocycles. The van der Waals surface area contributed by atoms with Gasteiger partial charge in [0, 0.05) is 29.3 Å². The predicted molar refractivity (Wildman–Crippen MR) is 89.8 cm³/mol. The summed E-state index contributed by atoms with van der Waals surface area (Å²) in [6.07, 6.45) is 0.905. The van der Waals surface area contributed by atoms with Crippen LogP contribution in [0, 0.1) is 16.2 Å². The van der Waals surface area contributed by atoms with E-state index >= 15 is 0 Å². The summed E-state index contributed by atoms with van der Waals surface area (Å²) < 4.78 is 1.12. The van der Waals surface area contributed by atoms with Crippen LogP contribution in [0.15, 0.2) is 0 Å².